The van der Waals surface area contributed by atoms with E-state index in [1.165, 1.54) is 6.07 Å². The molecule has 1 aromatic carbocycles. The van der Waals surface area contributed by atoms with Crippen LogP contribution in [0, 0.1) is 23.6 Å². The maximum Gasteiger partial charge on any atom is 0.272 e. The summed E-state index contributed by atoms with van der Waals surface area (Å²) in [4.78, 5) is 14.8. The molecule has 1 heterocycles. The number of carbonyl (C=O) groups is 1. The second-order valence-electron chi connectivity index (χ2n) is 9.55. The number of hydrogen-bond acceptors (Lipinski definition) is 4. The molecule has 4 fully saturated rings. The van der Waals surface area contributed by atoms with Crippen LogP contribution in [0.25, 0.3) is 0 Å². The van der Waals surface area contributed by atoms with Crippen LogP contribution in [0.3, 0.4) is 0 Å². The number of hydrogen-bond donors (Lipinski definition) is 2. The number of anilines is 2. The number of aryl methyl sites for hydroxylation is 1. The van der Waals surface area contributed by atoms with Gasteiger partial charge in [0.1, 0.15) is 11.6 Å². The van der Waals surface area contributed by atoms with Gasteiger partial charge in [0.05, 0.1) is 11.3 Å². The van der Waals surface area contributed by atoms with Gasteiger partial charge in [-0.15, -0.1) is 0 Å². The van der Waals surface area contributed by atoms with E-state index in [0.29, 0.717) is 46.5 Å². The predicted molar refractivity (Wildman–Crippen MR) is 117 cm³/mol. The first-order valence-corrected chi connectivity index (χ1v) is 11.4. The third kappa shape index (κ3) is 3.61. The number of nitrogens with zero attached hydrogens (tertiary/aromatic N) is 3. The summed E-state index contributed by atoms with van der Waals surface area (Å²) in [5.74, 6) is 1.24. The molecule has 166 valence electrons. The van der Waals surface area contributed by atoms with Crippen molar-refractivity contribution in [1.82, 2.24) is 15.1 Å². The number of rotatable bonds is 5. The zero-order valence-electron chi connectivity index (χ0n) is 17.8. The van der Waals surface area contributed by atoms with Crippen molar-refractivity contribution in [3.63, 3.8) is 0 Å². The van der Waals surface area contributed by atoms with E-state index in [4.69, 9.17) is 11.6 Å². The first-order chi connectivity index (χ1) is 14.8. The Balaban J connectivity index is 1.36. The molecular weight excluding hydrogens is 419 g/mol. The van der Waals surface area contributed by atoms with Crippen LogP contribution in [0.2, 0.25) is 5.02 Å². The Morgan fingerprint density at radius 3 is 2.65 bits per heavy atom. The Morgan fingerprint density at radius 2 is 2.03 bits per heavy atom. The maximum absolute atomic E-state index is 14.4. The minimum absolute atomic E-state index is 0.0889. The molecule has 6 rings (SSSR count). The van der Waals surface area contributed by atoms with Gasteiger partial charge in [-0.2, -0.15) is 5.10 Å². The molecule has 4 bridgehead atoms. The molecular formula is C23H28ClFN4O2. The summed E-state index contributed by atoms with van der Waals surface area (Å²) in [5.41, 5.74) is 0.158. The fourth-order valence-electron chi connectivity index (χ4n) is 6.34. The fraction of sp³-hybridized carbons (Fsp3) is 0.565. The Hall–Kier alpha value is -2.12. The standard InChI is InChI=1S/C23H28ClFN4O2/c1-3-29-20(28(2)19-5-4-16(24)8-17(19)25)9-18(27-29)22(30)26-21-14-6-13-7-15(21)12-23(31,10-13)11-14/h4-5,8-9,13-15,21,31H,3,6-7,10-12H2,1-2H3,(H,26,30). The maximum atomic E-state index is 14.4. The third-order valence-corrected chi connectivity index (χ3v) is 7.68. The van der Waals surface area contributed by atoms with Gasteiger partial charge in [0.15, 0.2) is 5.69 Å². The highest BCUT2D eigenvalue weighted by Gasteiger charge is 2.55. The van der Waals surface area contributed by atoms with Gasteiger partial charge in [0, 0.05) is 30.7 Å². The quantitative estimate of drug-likeness (QED) is 0.724. The topological polar surface area (TPSA) is 70.4 Å². The van der Waals surface area contributed by atoms with E-state index >= 15 is 0 Å². The smallest absolute Gasteiger partial charge is 0.272 e. The van der Waals surface area contributed by atoms with Crippen LogP contribution in [0.15, 0.2) is 24.3 Å². The SMILES string of the molecule is CCn1nc(C(=O)NC2C3CC4CC2CC(O)(C4)C3)cc1N(C)c1ccc(Cl)cc1F. The second kappa shape index (κ2) is 7.48. The van der Waals surface area contributed by atoms with Gasteiger partial charge in [0.25, 0.3) is 5.91 Å². The molecule has 1 amide bonds. The van der Waals surface area contributed by atoms with Crippen molar-refractivity contribution in [2.75, 3.05) is 11.9 Å². The highest BCUT2D eigenvalue weighted by molar-refractivity contribution is 6.30. The number of aliphatic hydroxyl groups is 1. The van der Waals surface area contributed by atoms with Crippen LogP contribution in [-0.4, -0.2) is 39.5 Å². The van der Waals surface area contributed by atoms with Gasteiger partial charge in [-0.25, -0.2) is 9.07 Å². The van der Waals surface area contributed by atoms with E-state index < -0.39 is 11.4 Å². The highest BCUT2D eigenvalue weighted by atomic mass is 35.5. The Kier molecular flexibility index (Phi) is 5.01. The Morgan fingerprint density at radius 1 is 1.32 bits per heavy atom. The van der Waals surface area contributed by atoms with Crippen molar-refractivity contribution in [3.05, 3.63) is 40.8 Å². The van der Waals surface area contributed by atoms with Crippen molar-refractivity contribution < 1.29 is 14.3 Å². The molecule has 1 aromatic heterocycles. The van der Waals surface area contributed by atoms with Gasteiger partial charge in [0.2, 0.25) is 0 Å². The average Bonchev–Trinajstić information content (AvgIpc) is 3.13. The van der Waals surface area contributed by atoms with Crippen LogP contribution in [-0.2, 0) is 6.54 Å². The largest absolute Gasteiger partial charge is 0.390 e. The van der Waals surface area contributed by atoms with Gasteiger partial charge in [-0.3, -0.25) is 4.79 Å². The van der Waals surface area contributed by atoms with E-state index in [-0.39, 0.29) is 11.9 Å². The lowest BCUT2D eigenvalue weighted by Crippen LogP contribution is -2.61. The molecule has 0 aliphatic heterocycles. The van der Waals surface area contributed by atoms with Crippen LogP contribution in [0.5, 0.6) is 0 Å². The molecule has 0 spiro atoms. The van der Waals surface area contributed by atoms with Crippen molar-refractivity contribution in [2.45, 2.75) is 57.2 Å². The van der Waals surface area contributed by atoms with E-state index in [1.54, 1.807) is 34.8 Å². The average molecular weight is 447 g/mol. The lowest BCUT2D eigenvalue weighted by molar-refractivity contribution is -0.136. The van der Waals surface area contributed by atoms with Crippen molar-refractivity contribution in [3.8, 4) is 0 Å². The fourth-order valence-corrected chi connectivity index (χ4v) is 6.50. The highest BCUT2D eigenvalue weighted by Crippen LogP contribution is 2.55. The number of carbonyl (C=O) groups excluding carboxylic acids is 1. The van der Waals surface area contributed by atoms with Crippen molar-refractivity contribution in [1.29, 1.82) is 0 Å². The van der Waals surface area contributed by atoms with Crippen molar-refractivity contribution >= 4 is 29.0 Å². The minimum Gasteiger partial charge on any atom is -0.390 e. The van der Waals surface area contributed by atoms with Gasteiger partial charge in [-0.1, -0.05) is 11.6 Å². The number of aromatic nitrogens is 2. The molecule has 2 N–H and O–H groups in total. The summed E-state index contributed by atoms with van der Waals surface area (Å²) in [5, 5.41) is 18.8. The molecule has 2 aromatic rings. The molecule has 0 radical (unpaired) electrons. The normalized spacial score (nSPS) is 31.1. The summed E-state index contributed by atoms with van der Waals surface area (Å²) in [6.07, 6.45) is 4.63. The van der Waals surface area contributed by atoms with Crippen LogP contribution in [0.4, 0.5) is 15.9 Å². The lowest BCUT2D eigenvalue weighted by Gasteiger charge is -2.58. The first kappa shape index (κ1) is 20.8. The molecule has 4 aliphatic rings. The predicted octanol–water partition coefficient (Wildman–Crippen LogP) is 4.13. The molecule has 6 nitrogen and oxygen atoms in total. The second-order valence-corrected chi connectivity index (χ2v) is 9.99. The number of benzene rings is 1. The van der Waals surface area contributed by atoms with E-state index in [0.717, 1.165) is 32.1 Å². The van der Waals surface area contributed by atoms with Gasteiger partial charge in [-0.05, 0) is 75.0 Å². The Bertz CT molecular complexity index is 1010. The monoisotopic (exact) mass is 446 g/mol. The molecule has 4 aliphatic carbocycles. The number of halogens is 2. The van der Waals surface area contributed by atoms with E-state index in [2.05, 4.69) is 10.4 Å². The molecule has 4 saturated carbocycles. The van der Waals surface area contributed by atoms with Crippen LogP contribution >= 0.6 is 11.6 Å². The molecule has 2 atom stereocenters. The number of nitrogens with one attached hydrogen (secondary N) is 1. The molecule has 0 saturated heterocycles. The van der Waals surface area contributed by atoms with Gasteiger partial charge >= 0.3 is 0 Å². The molecule has 8 heteroatoms. The molecule has 2 unspecified atom stereocenters. The number of amides is 1. The van der Waals surface area contributed by atoms with E-state index in [9.17, 15) is 14.3 Å². The zero-order chi connectivity index (χ0) is 21.9. The van der Waals surface area contributed by atoms with Crippen LogP contribution in [0.1, 0.15) is 49.5 Å². The zero-order valence-corrected chi connectivity index (χ0v) is 18.6. The summed E-state index contributed by atoms with van der Waals surface area (Å²) in [6, 6.07) is 6.32. The summed E-state index contributed by atoms with van der Waals surface area (Å²) >= 11 is 5.88. The summed E-state index contributed by atoms with van der Waals surface area (Å²) in [7, 11) is 1.75. The summed E-state index contributed by atoms with van der Waals surface area (Å²) in [6.45, 7) is 2.48. The summed E-state index contributed by atoms with van der Waals surface area (Å²) < 4.78 is 16.1. The Labute approximate surface area is 186 Å². The minimum atomic E-state index is -0.528. The third-order valence-electron chi connectivity index (χ3n) is 7.44. The van der Waals surface area contributed by atoms with Gasteiger partial charge < -0.3 is 15.3 Å². The lowest BCUT2D eigenvalue weighted by atomic mass is 9.52. The van der Waals surface area contributed by atoms with Crippen LogP contribution < -0.4 is 10.2 Å². The first-order valence-electron chi connectivity index (χ1n) is 11.1. The van der Waals surface area contributed by atoms with E-state index in [1.807, 2.05) is 6.92 Å². The van der Waals surface area contributed by atoms with Crippen molar-refractivity contribution in [2.24, 2.45) is 17.8 Å². The molecule has 31 heavy (non-hydrogen) atoms.